The fourth-order valence-corrected chi connectivity index (χ4v) is 2.74. The Bertz CT molecular complexity index is 459. The Kier molecular flexibility index (Phi) is 4.43. The molecule has 0 spiro atoms. The average Bonchev–Trinajstić information content (AvgIpc) is 2.42. The molecule has 1 fully saturated rings. The minimum absolute atomic E-state index is 0.0613. The van der Waals surface area contributed by atoms with Gasteiger partial charge in [-0.1, -0.05) is 25.0 Å². The van der Waals surface area contributed by atoms with Crippen LogP contribution < -0.4 is 11.1 Å². The van der Waals surface area contributed by atoms with Crippen molar-refractivity contribution in [2.75, 3.05) is 12.3 Å². The average molecular weight is 262 g/mol. The Morgan fingerprint density at radius 3 is 2.89 bits per heavy atom. The van der Waals surface area contributed by atoms with Crippen LogP contribution in [0.15, 0.2) is 18.2 Å². The van der Waals surface area contributed by atoms with Crippen LogP contribution in [-0.2, 0) is 0 Å². The fraction of sp³-hybridized carbons (Fsp3) is 0.533. The number of hydrogen-bond donors (Lipinski definition) is 3. The van der Waals surface area contributed by atoms with Gasteiger partial charge in [-0.05, 0) is 31.4 Å². The van der Waals surface area contributed by atoms with Crippen molar-refractivity contribution in [3.8, 4) is 0 Å². The largest absolute Gasteiger partial charge is 0.398 e. The minimum atomic E-state index is -0.133. The molecule has 4 heteroatoms. The predicted molar refractivity (Wildman–Crippen MR) is 75.9 cm³/mol. The molecule has 104 valence electrons. The zero-order chi connectivity index (χ0) is 13.8. The van der Waals surface area contributed by atoms with Gasteiger partial charge >= 0.3 is 0 Å². The highest BCUT2D eigenvalue weighted by atomic mass is 16.3. The van der Waals surface area contributed by atoms with E-state index < -0.39 is 0 Å². The van der Waals surface area contributed by atoms with Gasteiger partial charge in [-0.15, -0.1) is 0 Å². The van der Waals surface area contributed by atoms with Crippen molar-refractivity contribution in [2.45, 2.75) is 38.6 Å². The van der Waals surface area contributed by atoms with E-state index in [1.807, 2.05) is 19.1 Å². The third kappa shape index (κ3) is 3.07. The third-order valence-electron chi connectivity index (χ3n) is 4.03. The Morgan fingerprint density at radius 2 is 2.16 bits per heavy atom. The number of benzene rings is 1. The van der Waals surface area contributed by atoms with Crippen LogP contribution in [0.5, 0.6) is 0 Å². The van der Waals surface area contributed by atoms with Gasteiger partial charge in [0.15, 0.2) is 0 Å². The first-order valence-corrected chi connectivity index (χ1v) is 6.90. The molecule has 1 aliphatic carbocycles. The first-order valence-electron chi connectivity index (χ1n) is 6.90. The number of nitrogens with two attached hydrogens (primary N) is 1. The SMILES string of the molecule is Cc1cccc(C(=O)NC2CCCCC2CO)c1N. The molecule has 0 bridgehead atoms. The lowest BCUT2D eigenvalue weighted by Gasteiger charge is -2.31. The van der Waals surface area contributed by atoms with Crippen LogP contribution >= 0.6 is 0 Å². The molecule has 1 saturated carbocycles. The summed E-state index contributed by atoms with van der Waals surface area (Å²) < 4.78 is 0. The molecule has 1 aromatic carbocycles. The first kappa shape index (κ1) is 13.9. The van der Waals surface area contributed by atoms with Gasteiger partial charge in [-0.3, -0.25) is 4.79 Å². The molecular formula is C15H22N2O2. The molecule has 19 heavy (non-hydrogen) atoms. The van der Waals surface area contributed by atoms with E-state index in [1.54, 1.807) is 6.07 Å². The second-order valence-corrected chi connectivity index (χ2v) is 5.34. The van der Waals surface area contributed by atoms with Gasteiger partial charge in [0.25, 0.3) is 5.91 Å². The lowest BCUT2D eigenvalue weighted by molar-refractivity contribution is 0.0873. The minimum Gasteiger partial charge on any atom is -0.398 e. The zero-order valence-electron chi connectivity index (χ0n) is 11.4. The summed E-state index contributed by atoms with van der Waals surface area (Å²) in [6.45, 7) is 2.03. The second kappa shape index (κ2) is 6.06. The zero-order valence-corrected chi connectivity index (χ0v) is 11.4. The number of anilines is 1. The lowest BCUT2D eigenvalue weighted by Crippen LogP contribution is -2.43. The van der Waals surface area contributed by atoms with Crippen LogP contribution in [-0.4, -0.2) is 23.7 Å². The van der Waals surface area contributed by atoms with Gasteiger partial charge in [-0.25, -0.2) is 0 Å². The van der Waals surface area contributed by atoms with E-state index in [0.717, 1.165) is 31.2 Å². The summed E-state index contributed by atoms with van der Waals surface area (Å²) in [5.74, 6) is 0.0373. The molecule has 0 aliphatic heterocycles. The van der Waals surface area contributed by atoms with Crippen molar-refractivity contribution in [3.05, 3.63) is 29.3 Å². The molecule has 1 aliphatic rings. The number of nitrogens with one attached hydrogen (secondary N) is 1. The molecular weight excluding hydrogens is 240 g/mol. The Labute approximate surface area is 114 Å². The molecule has 0 aromatic heterocycles. The highest BCUT2D eigenvalue weighted by Gasteiger charge is 2.26. The van der Waals surface area contributed by atoms with Crippen molar-refractivity contribution in [1.29, 1.82) is 0 Å². The molecule has 0 heterocycles. The highest BCUT2D eigenvalue weighted by molar-refractivity contribution is 5.99. The van der Waals surface area contributed by atoms with Crippen LogP contribution in [0.1, 0.15) is 41.6 Å². The fourth-order valence-electron chi connectivity index (χ4n) is 2.74. The summed E-state index contributed by atoms with van der Waals surface area (Å²) in [6.07, 6.45) is 4.14. The van der Waals surface area contributed by atoms with Crippen LogP contribution in [0.25, 0.3) is 0 Å². The maximum Gasteiger partial charge on any atom is 0.253 e. The Balaban J connectivity index is 2.09. The van der Waals surface area contributed by atoms with E-state index >= 15 is 0 Å². The summed E-state index contributed by atoms with van der Waals surface area (Å²) in [7, 11) is 0. The monoisotopic (exact) mass is 262 g/mol. The number of hydrogen-bond acceptors (Lipinski definition) is 3. The van der Waals surface area contributed by atoms with Crippen molar-refractivity contribution < 1.29 is 9.90 Å². The number of carbonyl (C=O) groups is 1. The number of nitrogen functional groups attached to an aromatic ring is 1. The summed E-state index contributed by atoms with van der Waals surface area (Å²) in [5.41, 5.74) is 7.93. The van der Waals surface area contributed by atoms with Crippen LogP contribution in [0.2, 0.25) is 0 Å². The smallest absolute Gasteiger partial charge is 0.253 e. The standard InChI is InChI=1S/C15H22N2O2/c1-10-5-4-7-12(14(10)16)15(19)17-13-8-3-2-6-11(13)9-18/h4-5,7,11,13,18H,2-3,6,8-9,16H2,1H3,(H,17,19). The van der Waals surface area contributed by atoms with Crippen molar-refractivity contribution in [2.24, 2.45) is 5.92 Å². The number of amides is 1. The van der Waals surface area contributed by atoms with E-state index in [4.69, 9.17) is 5.73 Å². The van der Waals surface area contributed by atoms with Crippen molar-refractivity contribution >= 4 is 11.6 Å². The number of carbonyl (C=O) groups excluding carboxylic acids is 1. The number of aliphatic hydroxyl groups is 1. The van der Waals surface area contributed by atoms with Gasteiger partial charge in [0.2, 0.25) is 0 Å². The quantitative estimate of drug-likeness (QED) is 0.728. The van der Waals surface area contributed by atoms with Crippen LogP contribution in [0.3, 0.4) is 0 Å². The van der Waals surface area contributed by atoms with Crippen molar-refractivity contribution in [3.63, 3.8) is 0 Å². The molecule has 2 rings (SSSR count). The van der Waals surface area contributed by atoms with Crippen molar-refractivity contribution in [1.82, 2.24) is 5.32 Å². The number of rotatable bonds is 3. The maximum absolute atomic E-state index is 12.3. The topological polar surface area (TPSA) is 75.3 Å². The van der Waals surface area contributed by atoms with Gasteiger partial charge in [0.05, 0.1) is 5.56 Å². The van der Waals surface area contributed by atoms with E-state index in [-0.39, 0.29) is 24.5 Å². The highest BCUT2D eigenvalue weighted by Crippen LogP contribution is 2.25. The number of aliphatic hydroxyl groups excluding tert-OH is 1. The molecule has 1 amide bonds. The van der Waals surface area contributed by atoms with Gasteiger partial charge in [0.1, 0.15) is 0 Å². The van der Waals surface area contributed by atoms with E-state index in [9.17, 15) is 9.90 Å². The van der Waals surface area contributed by atoms with Gasteiger partial charge < -0.3 is 16.2 Å². The molecule has 1 aromatic rings. The lowest BCUT2D eigenvalue weighted by atomic mass is 9.85. The summed E-state index contributed by atoms with van der Waals surface area (Å²) in [5, 5.41) is 12.4. The normalized spacial score (nSPS) is 23.1. The van der Waals surface area contributed by atoms with E-state index in [0.29, 0.717) is 11.3 Å². The molecule has 2 atom stereocenters. The van der Waals surface area contributed by atoms with E-state index in [2.05, 4.69) is 5.32 Å². The third-order valence-corrected chi connectivity index (χ3v) is 4.03. The predicted octanol–water partition coefficient (Wildman–Crippen LogP) is 1.86. The summed E-state index contributed by atoms with van der Waals surface area (Å²) >= 11 is 0. The van der Waals surface area contributed by atoms with E-state index in [1.165, 1.54) is 0 Å². The molecule has 4 N–H and O–H groups in total. The Hall–Kier alpha value is -1.55. The molecule has 0 radical (unpaired) electrons. The number of para-hydroxylation sites is 1. The van der Waals surface area contributed by atoms with Gasteiger partial charge in [-0.2, -0.15) is 0 Å². The Morgan fingerprint density at radius 1 is 1.42 bits per heavy atom. The molecule has 4 nitrogen and oxygen atoms in total. The second-order valence-electron chi connectivity index (χ2n) is 5.34. The van der Waals surface area contributed by atoms with Crippen LogP contribution in [0.4, 0.5) is 5.69 Å². The van der Waals surface area contributed by atoms with Crippen LogP contribution in [0, 0.1) is 12.8 Å². The molecule has 2 unspecified atom stereocenters. The summed E-state index contributed by atoms with van der Waals surface area (Å²) in [6, 6.07) is 5.54. The molecule has 0 saturated heterocycles. The number of aryl methyl sites for hydroxylation is 1. The summed E-state index contributed by atoms with van der Waals surface area (Å²) in [4.78, 5) is 12.3. The van der Waals surface area contributed by atoms with Gasteiger partial charge in [0, 0.05) is 24.3 Å². The first-order chi connectivity index (χ1) is 9.13. The maximum atomic E-state index is 12.3.